The van der Waals surface area contributed by atoms with Crippen LogP contribution in [0.4, 0.5) is 65.9 Å². The second-order valence-corrected chi connectivity index (χ2v) is 5.82. The molecule has 0 aliphatic carbocycles. The summed E-state index contributed by atoms with van der Waals surface area (Å²) in [6, 6.07) is 0. The van der Waals surface area contributed by atoms with Crippen LogP contribution in [0.25, 0.3) is 0 Å². The first-order chi connectivity index (χ1) is 11.2. The lowest BCUT2D eigenvalue weighted by atomic mass is 10.0. The molecule has 0 bridgehead atoms. The molecule has 0 aromatic heterocycles. The normalized spacial score (nSPS) is 16.6. The third kappa shape index (κ3) is 3.74. The van der Waals surface area contributed by atoms with Crippen molar-refractivity contribution in [2.24, 2.45) is 0 Å². The molecule has 0 aliphatic rings. The highest BCUT2D eigenvalue weighted by Crippen LogP contribution is 2.58. The number of alkyl halides is 15. The molecule has 0 amide bonds. The standard InChI is InChI=1S/C7HF15O4S/c8-1(3(11,12)13,4(14,15)16)5(17,18)26-6(19,20)2(9,10)7(21,22)27(23,24)25/h(H,23,24,25). The van der Waals surface area contributed by atoms with Crippen molar-refractivity contribution in [1.29, 1.82) is 0 Å². The first-order valence-corrected chi connectivity index (χ1v) is 6.65. The predicted octanol–water partition coefficient (Wildman–Crippen LogP) is 4.14. The van der Waals surface area contributed by atoms with E-state index in [-0.39, 0.29) is 0 Å². The van der Waals surface area contributed by atoms with Crippen molar-refractivity contribution in [2.75, 3.05) is 0 Å². The van der Waals surface area contributed by atoms with Gasteiger partial charge in [-0.25, -0.2) is 9.13 Å². The lowest BCUT2D eigenvalue weighted by Gasteiger charge is -2.38. The van der Waals surface area contributed by atoms with Crippen molar-refractivity contribution in [3.8, 4) is 0 Å². The maximum Gasteiger partial charge on any atom is 0.440 e. The van der Waals surface area contributed by atoms with Gasteiger partial charge in [-0.2, -0.15) is 69.9 Å². The second-order valence-electron chi connectivity index (χ2n) is 4.36. The Bertz CT molecular complexity index is 645. The lowest BCUT2D eigenvalue weighted by Crippen LogP contribution is -2.69. The van der Waals surface area contributed by atoms with Gasteiger partial charge in [-0.15, -0.1) is 0 Å². The summed E-state index contributed by atoms with van der Waals surface area (Å²) in [6.45, 7) is 0. The first-order valence-electron chi connectivity index (χ1n) is 5.21. The molecule has 0 aromatic carbocycles. The SMILES string of the molecule is O=S(=O)(O)C(F)(F)C(F)(F)C(F)(F)OC(F)(F)C(F)(C(F)(F)F)C(F)(F)F. The van der Waals surface area contributed by atoms with Gasteiger partial charge in [0.15, 0.2) is 0 Å². The highest BCUT2D eigenvalue weighted by atomic mass is 32.2. The minimum Gasteiger partial charge on any atom is -0.281 e. The third-order valence-electron chi connectivity index (χ3n) is 2.49. The summed E-state index contributed by atoms with van der Waals surface area (Å²) in [7, 11) is -7.62. The van der Waals surface area contributed by atoms with E-state index in [1.165, 1.54) is 0 Å². The molecule has 4 nitrogen and oxygen atoms in total. The Kier molecular flexibility index (Phi) is 5.89. The summed E-state index contributed by atoms with van der Waals surface area (Å²) in [6.07, 6.45) is -31.7. The van der Waals surface area contributed by atoms with Gasteiger partial charge in [-0.3, -0.25) is 4.55 Å². The van der Waals surface area contributed by atoms with Gasteiger partial charge in [0, 0.05) is 0 Å². The highest BCUT2D eigenvalue weighted by Gasteiger charge is 2.89. The quantitative estimate of drug-likeness (QED) is 0.473. The van der Waals surface area contributed by atoms with E-state index < -0.39 is 51.5 Å². The smallest absolute Gasteiger partial charge is 0.281 e. The van der Waals surface area contributed by atoms with E-state index in [1.54, 1.807) is 0 Å². The van der Waals surface area contributed by atoms with Crippen molar-refractivity contribution in [3.63, 3.8) is 0 Å². The van der Waals surface area contributed by atoms with E-state index in [2.05, 4.69) is 0 Å². The van der Waals surface area contributed by atoms with Gasteiger partial charge in [-0.05, 0) is 0 Å². The van der Waals surface area contributed by atoms with Gasteiger partial charge in [0.2, 0.25) is 0 Å². The zero-order valence-corrected chi connectivity index (χ0v) is 12.1. The molecule has 0 heterocycles. The van der Waals surface area contributed by atoms with E-state index in [0.717, 1.165) is 4.74 Å². The fraction of sp³-hybridized carbons (Fsp3) is 1.00. The molecule has 27 heavy (non-hydrogen) atoms. The van der Waals surface area contributed by atoms with Gasteiger partial charge in [0.1, 0.15) is 0 Å². The molecule has 0 fully saturated rings. The van der Waals surface area contributed by atoms with Crippen molar-refractivity contribution in [1.82, 2.24) is 0 Å². The van der Waals surface area contributed by atoms with Gasteiger partial charge in [0.25, 0.3) is 0 Å². The van der Waals surface area contributed by atoms with Gasteiger partial charge in [-0.1, -0.05) is 0 Å². The van der Waals surface area contributed by atoms with Gasteiger partial charge in [0.05, 0.1) is 0 Å². The molecule has 0 saturated carbocycles. The van der Waals surface area contributed by atoms with Crippen LogP contribution in [0.2, 0.25) is 0 Å². The molecule has 20 heteroatoms. The Morgan fingerprint density at radius 3 is 1.11 bits per heavy atom. The van der Waals surface area contributed by atoms with Crippen LogP contribution in [0, 0.1) is 0 Å². The summed E-state index contributed by atoms with van der Waals surface area (Å²) in [5.74, 6) is -7.91. The molecular formula is C7HF15O4S. The fourth-order valence-electron chi connectivity index (χ4n) is 1.12. The van der Waals surface area contributed by atoms with E-state index in [1.807, 2.05) is 0 Å². The number of ether oxygens (including phenoxy) is 1. The zero-order valence-electron chi connectivity index (χ0n) is 11.2. The maximum absolute atomic E-state index is 13.0. The Labute approximate surface area is 136 Å². The van der Waals surface area contributed by atoms with Crippen LogP contribution >= 0.6 is 0 Å². The second kappa shape index (κ2) is 6.16. The van der Waals surface area contributed by atoms with Crippen LogP contribution in [0.15, 0.2) is 0 Å². The monoisotopic (exact) mass is 466 g/mol. The van der Waals surface area contributed by atoms with E-state index in [4.69, 9.17) is 4.55 Å². The number of rotatable bonds is 6. The van der Waals surface area contributed by atoms with Crippen molar-refractivity contribution in [2.45, 2.75) is 41.4 Å². The highest BCUT2D eigenvalue weighted by molar-refractivity contribution is 7.87. The number of halogens is 15. The predicted molar refractivity (Wildman–Crippen MR) is 48.4 cm³/mol. The lowest BCUT2D eigenvalue weighted by molar-refractivity contribution is -0.512. The average Bonchev–Trinajstić information content (AvgIpc) is 2.31. The van der Waals surface area contributed by atoms with Crippen LogP contribution in [0.5, 0.6) is 0 Å². The summed E-state index contributed by atoms with van der Waals surface area (Å²) in [5.41, 5.74) is -8.13. The van der Waals surface area contributed by atoms with Crippen molar-refractivity contribution >= 4 is 10.1 Å². The summed E-state index contributed by atoms with van der Waals surface area (Å²) in [5, 5.41) is -7.48. The summed E-state index contributed by atoms with van der Waals surface area (Å²) < 4.78 is 216. The topological polar surface area (TPSA) is 63.6 Å². The van der Waals surface area contributed by atoms with E-state index in [0.29, 0.717) is 0 Å². The van der Waals surface area contributed by atoms with Crippen molar-refractivity contribution < 1.29 is 83.6 Å². The zero-order chi connectivity index (χ0) is 22.7. The molecule has 0 radical (unpaired) electrons. The Morgan fingerprint density at radius 1 is 0.593 bits per heavy atom. The fourth-order valence-corrected chi connectivity index (χ4v) is 1.56. The molecule has 164 valence electrons. The molecule has 0 rings (SSSR count). The van der Waals surface area contributed by atoms with Gasteiger partial charge < -0.3 is 0 Å². The van der Waals surface area contributed by atoms with Crippen LogP contribution < -0.4 is 0 Å². The van der Waals surface area contributed by atoms with Gasteiger partial charge >= 0.3 is 51.5 Å². The third-order valence-corrected chi connectivity index (χ3v) is 3.40. The molecule has 0 spiro atoms. The molecule has 1 N–H and O–H groups in total. The Hall–Kier alpha value is -1.18. The molecule has 0 aliphatic heterocycles. The van der Waals surface area contributed by atoms with Crippen LogP contribution in [0.3, 0.4) is 0 Å². The molecule has 0 unspecified atom stereocenters. The van der Waals surface area contributed by atoms with Crippen LogP contribution in [-0.2, 0) is 14.9 Å². The summed E-state index contributed by atoms with van der Waals surface area (Å²) in [4.78, 5) is 0. The Balaban J connectivity index is 6.47. The number of hydrogen-bond acceptors (Lipinski definition) is 3. The summed E-state index contributed by atoms with van der Waals surface area (Å²) >= 11 is 0. The molecule has 0 aromatic rings. The first kappa shape index (κ1) is 25.8. The minimum atomic E-state index is -8.13. The largest absolute Gasteiger partial charge is 0.440 e. The Morgan fingerprint density at radius 2 is 0.889 bits per heavy atom. The maximum atomic E-state index is 13.0. The molecule has 0 saturated heterocycles. The molecule has 0 atom stereocenters. The van der Waals surface area contributed by atoms with E-state index >= 15 is 0 Å². The molecular weight excluding hydrogens is 465 g/mol. The van der Waals surface area contributed by atoms with E-state index in [9.17, 15) is 74.3 Å². The average molecular weight is 466 g/mol. The van der Waals surface area contributed by atoms with Crippen LogP contribution in [0.1, 0.15) is 0 Å². The van der Waals surface area contributed by atoms with Crippen molar-refractivity contribution in [3.05, 3.63) is 0 Å². The van der Waals surface area contributed by atoms with Crippen LogP contribution in [-0.4, -0.2) is 54.4 Å². The number of hydrogen-bond donors (Lipinski definition) is 1. The minimum absolute atomic E-state index is 1.10.